The molecule has 1 aromatic heterocycles. The number of rotatable bonds is 6. The Kier molecular flexibility index (Phi) is 5.49. The minimum Gasteiger partial charge on any atom is -0.315 e. The molecule has 0 radical (unpaired) electrons. The lowest BCUT2D eigenvalue weighted by Crippen LogP contribution is -2.38. The van der Waals surface area contributed by atoms with Crippen LogP contribution in [0.3, 0.4) is 0 Å². The maximum Gasteiger partial charge on any atom is 0.0107 e. The molecule has 0 aliphatic carbocycles. The van der Waals surface area contributed by atoms with Crippen LogP contribution >= 0.6 is 11.3 Å². The highest BCUT2D eigenvalue weighted by molar-refractivity contribution is 7.09. The fourth-order valence-corrected chi connectivity index (χ4v) is 3.02. The van der Waals surface area contributed by atoms with E-state index in [-0.39, 0.29) is 0 Å². The molecule has 1 aromatic rings. The average Bonchev–Trinajstić information content (AvgIpc) is 2.84. The highest BCUT2D eigenvalue weighted by Crippen LogP contribution is 2.15. The number of thiophene rings is 1. The molecule has 1 aliphatic heterocycles. The van der Waals surface area contributed by atoms with Crippen molar-refractivity contribution in [2.75, 3.05) is 32.7 Å². The second-order valence-corrected chi connectivity index (χ2v) is 6.14. The zero-order valence-electron chi connectivity index (χ0n) is 10.8. The molecule has 0 saturated carbocycles. The van der Waals surface area contributed by atoms with Crippen LogP contribution in [0.1, 0.15) is 24.6 Å². The summed E-state index contributed by atoms with van der Waals surface area (Å²) in [5, 5.41) is 5.70. The summed E-state index contributed by atoms with van der Waals surface area (Å²) < 4.78 is 0. The predicted molar refractivity (Wildman–Crippen MR) is 75.7 cm³/mol. The zero-order chi connectivity index (χ0) is 11.9. The molecule has 96 valence electrons. The van der Waals surface area contributed by atoms with Gasteiger partial charge in [-0.2, -0.15) is 0 Å². The zero-order valence-corrected chi connectivity index (χ0v) is 11.6. The van der Waals surface area contributed by atoms with E-state index in [0.717, 1.165) is 19.0 Å². The van der Waals surface area contributed by atoms with Crippen molar-refractivity contribution in [3.63, 3.8) is 0 Å². The Labute approximate surface area is 109 Å². The molecule has 1 aliphatic rings. The van der Waals surface area contributed by atoms with Gasteiger partial charge in [0.25, 0.3) is 0 Å². The summed E-state index contributed by atoms with van der Waals surface area (Å²) in [6, 6.07) is 4.35. The number of nitrogens with zero attached hydrogens (tertiary/aromatic N) is 1. The third-order valence-corrected chi connectivity index (χ3v) is 4.55. The molecule has 0 spiro atoms. The molecule has 2 rings (SSSR count). The molecule has 0 aromatic carbocycles. The van der Waals surface area contributed by atoms with E-state index in [2.05, 4.69) is 34.7 Å². The molecule has 1 fully saturated rings. The summed E-state index contributed by atoms with van der Waals surface area (Å²) >= 11 is 1.86. The van der Waals surface area contributed by atoms with Crippen molar-refractivity contribution in [1.82, 2.24) is 10.2 Å². The van der Waals surface area contributed by atoms with Gasteiger partial charge < -0.3 is 10.2 Å². The third kappa shape index (κ3) is 4.78. The maximum absolute atomic E-state index is 3.55. The highest BCUT2D eigenvalue weighted by atomic mass is 32.1. The van der Waals surface area contributed by atoms with Gasteiger partial charge in [-0.3, -0.25) is 0 Å². The van der Waals surface area contributed by atoms with Crippen LogP contribution in [0.15, 0.2) is 17.5 Å². The van der Waals surface area contributed by atoms with Crippen molar-refractivity contribution in [2.45, 2.75) is 26.2 Å². The van der Waals surface area contributed by atoms with E-state index in [9.17, 15) is 0 Å². The van der Waals surface area contributed by atoms with Crippen molar-refractivity contribution in [3.8, 4) is 0 Å². The first-order valence-corrected chi connectivity index (χ1v) is 7.68. The van der Waals surface area contributed by atoms with Crippen LogP contribution in [-0.4, -0.2) is 37.6 Å². The Morgan fingerprint density at radius 1 is 1.35 bits per heavy atom. The molecule has 0 unspecified atom stereocenters. The van der Waals surface area contributed by atoms with Gasteiger partial charge >= 0.3 is 0 Å². The largest absolute Gasteiger partial charge is 0.315 e. The second-order valence-electron chi connectivity index (χ2n) is 5.10. The SMILES string of the molecule is CC1CCN(CCNCCc2cccs2)CC1. The average molecular weight is 252 g/mol. The van der Waals surface area contributed by atoms with Gasteiger partial charge in [0, 0.05) is 24.5 Å². The number of likely N-dealkylation sites (tertiary alicyclic amines) is 1. The molecule has 2 heterocycles. The fourth-order valence-electron chi connectivity index (χ4n) is 2.31. The van der Waals surface area contributed by atoms with Crippen molar-refractivity contribution < 1.29 is 0 Å². The van der Waals surface area contributed by atoms with E-state index in [4.69, 9.17) is 0 Å². The summed E-state index contributed by atoms with van der Waals surface area (Å²) in [4.78, 5) is 4.09. The minimum atomic E-state index is 0.943. The normalized spacial score (nSPS) is 18.6. The molecule has 0 atom stereocenters. The predicted octanol–water partition coefficient (Wildman–Crippen LogP) is 2.61. The molecule has 3 heteroatoms. The first kappa shape index (κ1) is 13.1. The standard InChI is InChI=1S/C14H24N2S/c1-13-5-9-16(10-6-13)11-8-15-7-4-14-3-2-12-17-14/h2-3,12-13,15H,4-11H2,1H3. The van der Waals surface area contributed by atoms with Crippen molar-refractivity contribution in [3.05, 3.63) is 22.4 Å². The van der Waals surface area contributed by atoms with Gasteiger partial charge in [-0.25, -0.2) is 0 Å². The van der Waals surface area contributed by atoms with E-state index in [1.54, 1.807) is 0 Å². The van der Waals surface area contributed by atoms with E-state index in [0.29, 0.717) is 0 Å². The van der Waals surface area contributed by atoms with Crippen molar-refractivity contribution in [2.24, 2.45) is 5.92 Å². The molecule has 0 amide bonds. The third-order valence-electron chi connectivity index (χ3n) is 3.61. The van der Waals surface area contributed by atoms with E-state index in [1.165, 1.54) is 43.8 Å². The smallest absolute Gasteiger partial charge is 0.0107 e. The number of hydrogen-bond acceptors (Lipinski definition) is 3. The lowest BCUT2D eigenvalue weighted by molar-refractivity contribution is 0.193. The van der Waals surface area contributed by atoms with Crippen LogP contribution in [-0.2, 0) is 6.42 Å². The highest BCUT2D eigenvalue weighted by Gasteiger charge is 2.14. The molecular weight excluding hydrogens is 228 g/mol. The van der Waals surface area contributed by atoms with Gasteiger partial charge in [-0.05, 0) is 49.7 Å². The Balaban J connectivity index is 1.49. The summed E-state index contributed by atoms with van der Waals surface area (Å²) in [5.41, 5.74) is 0. The van der Waals surface area contributed by atoms with Crippen LogP contribution in [0.2, 0.25) is 0 Å². The van der Waals surface area contributed by atoms with Gasteiger partial charge in [-0.1, -0.05) is 13.0 Å². The van der Waals surface area contributed by atoms with Crippen molar-refractivity contribution in [1.29, 1.82) is 0 Å². The van der Waals surface area contributed by atoms with Crippen LogP contribution in [0.4, 0.5) is 0 Å². The molecule has 17 heavy (non-hydrogen) atoms. The topological polar surface area (TPSA) is 15.3 Å². The van der Waals surface area contributed by atoms with Gasteiger partial charge in [0.2, 0.25) is 0 Å². The maximum atomic E-state index is 3.55. The van der Waals surface area contributed by atoms with Crippen molar-refractivity contribution >= 4 is 11.3 Å². The quantitative estimate of drug-likeness (QED) is 0.783. The van der Waals surface area contributed by atoms with Gasteiger partial charge in [0.1, 0.15) is 0 Å². The Bertz CT molecular complexity index is 289. The molecule has 1 saturated heterocycles. The van der Waals surface area contributed by atoms with Crippen LogP contribution in [0, 0.1) is 5.92 Å². The van der Waals surface area contributed by atoms with E-state index >= 15 is 0 Å². The molecular formula is C14H24N2S. The van der Waals surface area contributed by atoms with Gasteiger partial charge in [-0.15, -0.1) is 11.3 Å². The lowest BCUT2D eigenvalue weighted by Gasteiger charge is -2.30. The Morgan fingerprint density at radius 3 is 2.88 bits per heavy atom. The Hall–Kier alpha value is -0.380. The second kappa shape index (κ2) is 7.14. The molecule has 1 N–H and O–H groups in total. The van der Waals surface area contributed by atoms with E-state index in [1.807, 2.05) is 11.3 Å². The van der Waals surface area contributed by atoms with Crippen LogP contribution in [0.5, 0.6) is 0 Å². The van der Waals surface area contributed by atoms with Crippen LogP contribution < -0.4 is 5.32 Å². The molecule has 0 bridgehead atoms. The van der Waals surface area contributed by atoms with E-state index < -0.39 is 0 Å². The van der Waals surface area contributed by atoms with Crippen LogP contribution in [0.25, 0.3) is 0 Å². The Morgan fingerprint density at radius 2 is 2.18 bits per heavy atom. The number of piperidine rings is 1. The summed E-state index contributed by atoms with van der Waals surface area (Å²) in [6.45, 7) is 8.44. The summed E-state index contributed by atoms with van der Waals surface area (Å²) in [6.07, 6.45) is 3.94. The first-order valence-electron chi connectivity index (χ1n) is 6.80. The minimum absolute atomic E-state index is 0.943. The first-order chi connectivity index (χ1) is 8.34. The number of nitrogens with one attached hydrogen (secondary N) is 1. The monoisotopic (exact) mass is 252 g/mol. The number of hydrogen-bond donors (Lipinski definition) is 1. The summed E-state index contributed by atoms with van der Waals surface area (Å²) in [7, 11) is 0. The van der Waals surface area contributed by atoms with Gasteiger partial charge in [0.15, 0.2) is 0 Å². The summed E-state index contributed by atoms with van der Waals surface area (Å²) in [5.74, 6) is 0.943. The fraction of sp³-hybridized carbons (Fsp3) is 0.714. The lowest BCUT2D eigenvalue weighted by atomic mass is 9.99. The van der Waals surface area contributed by atoms with Gasteiger partial charge in [0.05, 0.1) is 0 Å². The molecule has 2 nitrogen and oxygen atoms in total.